The number of nitrogens with zero attached hydrogens (tertiary/aromatic N) is 1. The van der Waals surface area contributed by atoms with Gasteiger partial charge in [0, 0.05) is 18.1 Å². The summed E-state index contributed by atoms with van der Waals surface area (Å²) in [5.74, 6) is -0.175. The number of amides is 1. The first-order valence-electron chi connectivity index (χ1n) is 7.46. The third-order valence-electron chi connectivity index (χ3n) is 3.59. The summed E-state index contributed by atoms with van der Waals surface area (Å²) in [6.45, 7) is 0.885. The molecule has 128 valence electrons. The zero-order valence-electron chi connectivity index (χ0n) is 13.0. The van der Waals surface area contributed by atoms with Crippen LogP contribution in [0.1, 0.15) is 16.9 Å². The fourth-order valence-electron chi connectivity index (χ4n) is 2.41. The van der Waals surface area contributed by atoms with Crippen LogP contribution in [0, 0.1) is 5.82 Å². The molecular weight excluding hydrogens is 351 g/mol. The average molecular weight is 368 g/mol. The Balaban J connectivity index is 1.66. The molecule has 2 aromatic rings. The first kappa shape index (κ1) is 17.2. The Hall–Kier alpha value is -1.64. The van der Waals surface area contributed by atoms with E-state index < -0.39 is 0 Å². The maximum absolute atomic E-state index is 13.3. The normalized spacial score (nSPS) is 20.6. The van der Waals surface area contributed by atoms with Crippen molar-refractivity contribution in [1.82, 2.24) is 10.3 Å². The number of halogens is 1. The van der Waals surface area contributed by atoms with Crippen molar-refractivity contribution in [3.8, 4) is 5.75 Å². The zero-order valence-corrected chi connectivity index (χ0v) is 14.7. The molecule has 0 bridgehead atoms. The SMILES string of the molecule is CSc1nc(C(=O)N[C@@H]2CCOC[C@H]2Oc2cccc(F)c2)cs1. The summed E-state index contributed by atoms with van der Waals surface area (Å²) in [4.78, 5) is 16.6. The Morgan fingerprint density at radius 2 is 2.42 bits per heavy atom. The molecule has 0 unspecified atom stereocenters. The van der Waals surface area contributed by atoms with Crippen LogP contribution >= 0.6 is 23.1 Å². The maximum atomic E-state index is 13.3. The van der Waals surface area contributed by atoms with E-state index in [4.69, 9.17) is 9.47 Å². The summed E-state index contributed by atoms with van der Waals surface area (Å²) in [6, 6.07) is 5.73. The van der Waals surface area contributed by atoms with Gasteiger partial charge < -0.3 is 14.8 Å². The lowest BCUT2D eigenvalue weighted by atomic mass is 10.1. The summed E-state index contributed by atoms with van der Waals surface area (Å²) in [7, 11) is 0. The molecular formula is C16H17FN2O3S2. The molecule has 5 nitrogen and oxygen atoms in total. The van der Waals surface area contributed by atoms with Gasteiger partial charge >= 0.3 is 0 Å². The van der Waals surface area contributed by atoms with Crippen molar-refractivity contribution < 1.29 is 18.7 Å². The molecule has 2 heterocycles. The van der Waals surface area contributed by atoms with Crippen LogP contribution in [-0.2, 0) is 4.74 Å². The van der Waals surface area contributed by atoms with E-state index in [1.165, 1.54) is 35.2 Å². The van der Waals surface area contributed by atoms with Crippen LogP contribution in [-0.4, -0.2) is 42.5 Å². The molecule has 1 fully saturated rings. The van der Waals surface area contributed by atoms with Crippen molar-refractivity contribution in [2.45, 2.75) is 22.9 Å². The monoisotopic (exact) mass is 368 g/mol. The Morgan fingerprint density at radius 3 is 3.17 bits per heavy atom. The van der Waals surface area contributed by atoms with Crippen molar-refractivity contribution in [2.75, 3.05) is 19.5 Å². The van der Waals surface area contributed by atoms with Gasteiger partial charge in [-0.05, 0) is 24.8 Å². The van der Waals surface area contributed by atoms with E-state index >= 15 is 0 Å². The molecule has 1 N–H and O–H groups in total. The summed E-state index contributed by atoms with van der Waals surface area (Å²) in [6.07, 6.45) is 2.18. The fraction of sp³-hybridized carbons (Fsp3) is 0.375. The summed E-state index contributed by atoms with van der Waals surface area (Å²) in [5, 5.41) is 4.69. The highest BCUT2D eigenvalue weighted by atomic mass is 32.2. The Bertz CT molecular complexity index is 710. The van der Waals surface area contributed by atoms with Crippen LogP contribution in [0.25, 0.3) is 0 Å². The minimum atomic E-state index is -0.372. The van der Waals surface area contributed by atoms with Gasteiger partial charge in [0.05, 0.1) is 12.6 Å². The van der Waals surface area contributed by atoms with Gasteiger partial charge in [-0.2, -0.15) is 0 Å². The van der Waals surface area contributed by atoms with E-state index in [1.54, 1.807) is 17.5 Å². The lowest BCUT2D eigenvalue weighted by molar-refractivity contribution is -0.0136. The molecule has 0 aliphatic carbocycles. The van der Waals surface area contributed by atoms with Gasteiger partial charge in [-0.3, -0.25) is 4.79 Å². The topological polar surface area (TPSA) is 60.5 Å². The van der Waals surface area contributed by atoms with Crippen LogP contribution in [0.4, 0.5) is 4.39 Å². The summed E-state index contributed by atoms with van der Waals surface area (Å²) < 4.78 is 25.4. The Morgan fingerprint density at radius 1 is 1.54 bits per heavy atom. The van der Waals surface area contributed by atoms with Crippen LogP contribution in [0.5, 0.6) is 5.75 Å². The van der Waals surface area contributed by atoms with Crippen LogP contribution < -0.4 is 10.1 Å². The van der Waals surface area contributed by atoms with Gasteiger partial charge in [0.15, 0.2) is 0 Å². The molecule has 2 atom stereocenters. The third-order valence-corrected chi connectivity index (χ3v) is 5.46. The van der Waals surface area contributed by atoms with Gasteiger partial charge in [0.25, 0.3) is 5.91 Å². The predicted octanol–water partition coefficient (Wildman–Crippen LogP) is 2.97. The summed E-state index contributed by atoms with van der Waals surface area (Å²) in [5.41, 5.74) is 0.403. The van der Waals surface area contributed by atoms with Crippen LogP contribution in [0.2, 0.25) is 0 Å². The Labute approximate surface area is 147 Å². The van der Waals surface area contributed by atoms with Crippen molar-refractivity contribution in [3.05, 3.63) is 41.2 Å². The number of ether oxygens (including phenoxy) is 2. The second-order valence-electron chi connectivity index (χ2n) is 5.26. The molecule has 3 rings (SSSR count). The largest absolute Gasteiger partial charge is 0.486 e. The number of rotatable bonds is 5. The minimum absolute atomic E-state index is 0.214. The fourth-order valence-corrected chi connectivity index (χ4v) is 3.65. The molecule has 0 radical (unpaired) electrons. The van der Waals surface area contributed by atoms with Gasteiger partial charge in [-0.15, -0.1) is 11.3 Å². The number of hydrogen-bond acceptors (Lipinski definition) is 6. The highest BCUT2D eigenvalue weighted by Crippen LogP contribution is 2.21. The molecule has 1 aromatic heterocycles. The van der Waals surface area contributed by atoms with E-state index in [-0.39, 0.29) is 23.9 Å². The van der Waals surface area contributed by atoms with Gasteiger partial charge in [-0.25, -0.2) is 9.37 Å². The molecule has 24 heavy (non-hydrogen) atoms. The number of thioether (sulfide) groups is 1. The number of hydrogen-bond donors (Lipinski definition) is 1. The van der Waals surface area contributed by atoms with Crippen molar-refractivity contribution >= 4 is 29.0 Å². The Kier molecular flexibility index (Phi) is 5.70. The van der Waals surface area contributed by atoms with Crippen molar-refractivity contribution in [3.63, 3.8) is 0 Å². The van der Waals surface area contributed by atoms with Crippen LogP contribution in [0.3, 0.4) is 0 Å². The third kappa shape index (κ3) is 4.25. The number of thiazole rings is 1. The van der Waals surface area contributed by atoms with Gasteiger partial charge in [-0.1, -0.05) is 17.8 Å². The smallest absolute Gasteiger partial charge is 0.271 e. The first-order valence-corrected chi connectivity index (χ1v) is 9.56. The van der Waals surface area contributed by atoms with Gasteiger partial charge in [0.2, 0.25) is 0 Å². The van der Waals surface area contributed by atoms with E-state index in [2.05, 4.69) is 10.3 Å². The highest BCUT2D eigenvalue weighted by Gasteiger charge is 2.30. The lowest BCUT2D eigenvalue weighted by Gasteiger charge is -2.32. The van der Waals surface area contributed by atoms with Crippen molar-refractivity contribution in [1.29, 1.82) is 0 Å². The maximum Gasteiger partial charge on any atom is 0.271 e. The van der Waals surface area contributed by atoms with E-state index in [0.29, 0.717) is 31.1 Å². The summed E-state index contributed by atoms with van der Waals surface area (Å²) >= 11 is 2.94. The lowest BCUT2D eigenvalue weighted by Crippen LogP contribution is -2.51. The minimum Gasteiger partial charge on any atom is -0.486 e. The van der Waals surface area contributed by atoms with E-state index in [9.17, 15) is 9.18 Å². The molecule has 0 spiro atoms. The van der Waals surface area contributed by atoms with E-state index in [0.717, 1.165) is 4.34 Å². The predicted molar refractivity (Wildman–Crippen MR) is 91.4 cm³/mol. The second kappa shape index (κ2) is 7.96. The average Bonchev–Trinajstić information content (AvgIpc) is 3.06. The molecule has 1 aliphatic rings. The quantitative estimate of drug-likeness (QED) is 0.822. The second-order valence-corrected chi connectivity index (χ2v) is 7.17. The molecule has 1 aliphatic heterocycles. The number of carbonyl (C=O) groups excluding carboxylic acids is 1. The van der Waals surface area contributed by atoms with Gasteiger partial charge in [0.1, 0.15) is 27.7 Å². The first-order chi connectivity index (χ1) is 11.7. The van der Waals surface area contributed by atoms with E-state index in [1.807, 2.05) is 6.26 Å². The number of benzene rings is 1. The van der Waals surface area contributed by atoms with Crippen molar-refractivity contribution in [2.24, 2.45) is 0 Å². The standard InChI is InChI=1S/C16H17FN2O3S2/c1-23-16-19-13(9-24-16)15(20)18-12-5-6-21-8-14(12)22-11-4-2-3-10(17)7-11/h2-4,7,9,12,14H,5-6,8H2,1H3,(H,18,20)/t12-,14-/m1/s1. The molecule has 1 saturated heterocycles. The number of nitrogens with one attached hydrogen (secondary N) is 1. The van der Waals surface area contributed by atoms with Crippen LogP contribution in [0.15, 0.2) is 34.0 Å². The highest BCUT2D eigenvalue weighted by molar-refractivity contribution is 8.00. The zero-order chi connectivity index (χ0) is 16.9. The molecule has 8 heteroatoms. The number of carbonyl (C=O) groups is 1. The molecule has 1 amide bonds. The molecule has 1 aromatic carbocycles. The number of aromatic nitrogens is 1. The molecule has 0 saturated carbocycles.